The van der Waals surface area contributed by atoms with Crippen molar-refractivity contribution in [3.8, 4) is 12.3 Å². The highest BCUT2D eigenvalue weighted by Crippen LogP contribution is 2.03. The Balaban J connectivity index is 2.80. The second-order valence-electron chi connectivity index (χ2n) is 1.77. The Bertz CT molecular complexity index is 267. The van der Waals surface area contributed by atoms with Crippen LogP contribution in [0.25, 0.3) is 0 Å². The molecule has 0 aliphatic carbocycles. The number of hydrogen-bond donors (Lipinski definition) is 1. The Labute approximate surface area is 59.2 Å². The second-order valence-corrected chi connectivity index (χ2v) is 1.77. The standard InChI is InChI=1S/C7H7N3/c1-3-4-6-5-9-7(8-2)10-6/h1,5H,2,4H2,(H,9,10). The first-order chi connectivity index (χ1) is 4.86. The zero-order valence-electron chi connectivity index (χ0n) is 5.46. The summed E-state index contributed by atoms with van der Waals surface area (Å²) in [6.45, 7) is 3.31. The summed E-state index contributed by atoms with van der Waals surface area (Å²) in [4.78, 5) is 10.3. The first-order valence-electron chi connectivity index (χ1n) is 2.81. The Hall–Kier alpha value is -1.56. The normalized spacial score (nSPS) is 8.70. The van der Waals surface area contributed by atoms with Crippen molar-refractivity contribution in [1.29, 1.82) is 0 Å². The maximum Gasteiger partial charge on any atom is 0.226 e. The number of imidazole rings is 1. The molecule has 1 aromatic rings. The van der Waals surface area contributed by atoms with E-state index >= 15 is 0 Å². The average molecular weight is 133 g/mol. The van der Waals surface area contributed by atoms with E-state index in [1.165, 1.54) is 0 Å². The molecule has 0 bridgehead atoms. The first kappa shape index (κ1) is 6.56. The van der Waals surface area contributed by atoms with Crippen LogP contribution in [0, 0.1) is 12.3 Å². The Morgan fingerprint density at radius 3 is 3.20 bits per heavy atom. The highest BCUT2D eigenvalue weighted by Gasteiger charge is 1.93. The molecule has 0 saturated carbocycles. The van der Waals surface area contributed by atoms with Crippen LogP contribution in [0.2, 0.25) is 0 Å². The number of hydrogen-bond acceptors (Lipinski definition) is 2. The minimum Gasteiger partial charge on any atom is -0.325 e. The summed E-state index contributed by atoms with van der Waals surface area (Å²) in [6, 6.07) is 0. The summed E-state index contributed by atoms with van der Waals surface area (Å²) < 4.78 is 0. The lowest BCUT2D eigenvalue weighted by molar-refractivity contribution is 1.17. The molecule has 10 heavy (non-hydrogen) atoms. The lowest BCUT2D eigenvalue weighted by Crippen LogP contribution is -1.77. The van der Waals surface area contributed by atoms with Crippen molar-refractivity contribution in [2.75, 3.05) is 0 Å². The largest absolute Gasteiger partial charge is 0.325 e. The second kappa shape index (κ2) is 2.83. The number of nitrogens with zero attached hydrogens (tertiary/aromatic N) is 2. The average Bonchev–Trinajstić information content (AvgIpc) is 2.37. The van der Waals surface area contributed by atoms with Crippen LogP contribution in [0.1, 0.15) is 5.69 Å². The summed E-state index contributed by atoms with van der Waals surface area (Å²) in [5.74, 6) is 3.01. The van der Waals surface area contributed by atoms with Crippen LogP contribution in [-0.2, 0) is 6.42 Å². The summed E-state index contributed by atoms with van der Waals surface area (Å²) in [5, 5.41) is 0. The van der Waals surface area contributed by atoms with Crippen molar-refractivity contribution in [2.24, 2.45) is 4.99 Å². The molecule has 0 amide bonds. The highest BCUT2D eigenvalue weighted by atomic mass is 15.0. The molecule has 1 heterocycles. The van der Waals surface area contributed by atoms with Gasteiger partial charge in [-0.2, -0.15) is 0 Å². The van der Waals surface area contributed by atoms with E-state index in [1.54, 1.807) is 6.20 Å². The predicted octanol–water partition coefficient (Wildman–Crippen LogP) is 0.917. The van der Waals surface area contributed by atoms with Gasteiger partial charge in [0.25, 0.3) is 0 Å². The highest BCUT2D eigenvalue weighted by molar-refractivity contribution is 5.35. The molecule has 0 fully saturated rings. The van der Waals surface area contributed by atoms with Crippen molar-refractivity contribution in [3.05, 3.63) is 11.9 Å². The number of aromatic amines is 1. The van der Waals surface area contributed by atoms with Crippen molar-refractivity contribution >= 4 is 12.7 Å². The van der Waals surface area contributed by atoms with Crippen molar-refractivity contribution in [3.63, 3.8) is 0 Å². The van der Waals surface area contributed by atoms with Crippen LogP contribution in [0.15, 0.2) is 11.2 Å². The Morgan fingerprint density at radius 1 is 1.90 bits per heavy atom. The van der Waals surface area contributed by atoms with Gasteiger partial charge < -0.3 is 4.98 Å². The summed E-state index contributed by atoms with van der Waals surface area (Å²) in [7, 11) is 0. The van der Waals surface area contributed by atoms with E-state index in [0.29, 0.717) is 12.4 Å². The van der Waals surface area contributed by atoms with Crippen molar-refractivity contribution in [1.82, 2.24) is 9.97 Å². The summed E-state index contributed by atoms with van der Waals surface area (Å²) in [5.41, 5.74) is 0.893. The third kappa shape index (κ3) is 1.23. The van der Waals surface area contributed by atoms with E-state index in [1.807, 2.05) is 0 Å². The molecule has 50 valence electrons. The Morgan fingerprint density at radius 2 is 2.70 bits per heavy atom. The summed E-state index contributed by atoms with van der Waals surface area (Å²) in [6.07, 6.45) is 7.28. The number of terminal acetylenes is 1. The molecular formula is C7H7N3. The smallest absolute Gasteiger partial charge is 0.226 e. The minimum absolute atomic E-state index is 0.519. The molecule has 1 rings (SSSR count). The van der Waals surface area contributed by atoms with Gasteiger partial charge in [0.15, 0.2) is 0 Å². The number of rotatable bonds is 2. The summed E-state index contributed by atoms with van der Waals surface area (Å²) >= 11 is 0. The minimum atomic E-state index is 0.519. The first-order valence-corrected chi connectivity index (χ1v) is 2.81. The van der Waals surface area contributed by atoms with Crippen LogP contribution in [0.3, 0.4) is 0 Å². The van der Waals surface area contributed by atoms with Crippen molar-refractivity contribution < 1.29 is 0 Å². The van der Waals surface area contributed by atoms with E-state index in [9.17, 15) is 0 Å². The van der Waals surface area contributed by atoms with Crippen LogP contribution < -0.4 is 0 Å². The maximum atomic E-state index is 5.07. The fourth-order valence-electron chi connectivity index (χ4n) is 0.627. The zero-order chi connectivity index (χ0) is 7.40. The number of H-pyrrole nitrogens is 1. The molecule has 0 unspecified atom stereocenters. The lowest BCUT2D eigenvalue weighted by atomic mass is 10.3. The van der Waals surface area contributed by atoms with Gasteiger partial charge in [-0.25, -0.2) is 9.98 Å². The van der Waals surface area contributed by atoms with Gasteiger partial charge in [0.2, 0.25) is 5.95 Å². The number of nitrogens with one attached hydrogen (secondary N) is 1. The van der Waals surface area contributed by atoms with Gasteiger partial charge in [-0.1, -0.05) is 0 Å². The molecular weight excluding hydrogens is 126 g/mol. The van der Waals surface area contributed by atoms with Gasteiger partial charge in [0, 0.05) is 5.69 Å². The molecule has 3 heteroatoms. The number of aliphatic imine (C=N–C) groups is 1. The van der Waals surface area contributed by atoms with Gasteiger partial charge in [-0.15, -0.1) is 12.3 Å². The molecule has 0 spiro atoms. The third-order valence-electron chi connectivity index (χ3n) is 1.06. The van der Waals surface area contributed by atoms with Crippen molar-refractivity contribution in [2.45, 2.75) is 6.42 Å². The molecule has 0 saturated heterocycles. The van der Waals surface area contributed by atoms with Gasteiger partial charge in [0.1, 0.15) is 0 Å². The van der Waals surface area contributed by atoms with Gasteiger partial charge in [-0.05, 0) is 6.72 Å². The molecule has 0 atom stereocenters. The number of aromatic nitrogens is 2. The van der Waals surface area contributed by atoms with E-state index in [2.05, 4.69) is 27.6 Å². The molecule has 0 aliphatic rings. The molecule has 0 aliphatic heterocycles. The molecule has 0 radical (unpaired) electrons. The van der Waals surface area contributed by atoms with E-state index < -0.39 is 0 Å². The fourth-order valence-corrected chi connectivity index (χ4v) is 0.627. The zero-order valence-corrected chi connectivity index (χ0v) is 5.46. The SMILES string of the molecule is C#CCc1cnc(N=C)[nH]1. The fraction of sp³-hybridized carbons (Fsp3) is 0.143. The van der Waals surface area contributed by atoms with E-state index in [0.717, 1.165) is 5.69 Å². The Kier molecular flexibility index (Phi) is 1.86. The van der Waals surface area contributed by atoms with Crippen LogP contribution in [-0.4, -0.2) is 16.7 Å². The van der Waals surface area contributed by atoms with Crippen LogP contribution in [0.4, 0.5) is 5.95 Å². The lowest BCUT2D eigenvalue weighted by Gasteiger charge is -1.82. The molecule has 1 N–H and O–H groups in total. The molecule has 3 nitrogen and oxygen atoms in total. The van der Waals surface area contributed by atoms with Gasteiger partial charge >= 0.3 is 0 Å². The monoisotopic (exact) mass is 133 g/mol. The maximum absolute atomic E-state index is 5.07. The quantitative estimate of drug-likeness (QED) is 0.473. The molecule has 1 aromatic heterocycles. The van der Waals surface area contributed by atoms with Gasteiger partial charge in [-0.3, -0.25) is 0 Å². The van der Waals surface area contributed by atoms with Gasteiger partial charge in [0.05, 0.1) is 12.6 Å². The van der Waals surface area contributed by atoms with E-state index in [-0.39, 0.29) is 0 Å². The van der Waals surface area contributed by atoms with Crippen LogP contribution in [0.5, 0.6) is 0 Å². The van der Waals surface area contributed by atoms with Crippen LogP contribution >= 0.6 is 0 Å². The molecule has 0 aromatic carbocycles. The third-order valence-corrected chi connectivity index (χ3v) is 1.06. The topological polar surface area (TPSA) is 41.0 Å². The predicted molar refractivity (Wildman–Crippen MR) is 40.3 cm³/mol. The van der Waals surface area contributed by atoms with E-state index in [4.69, 9.17) is 6.42 Å².